The number of benzene rings is 1. The van der Waals surface area contributed by atoms with Crippen LogP contribution < -0.4 is 15.0 Å². The predicted octanol–water partition coefficient (Wildman–Crippen LogP) is 2.71. The fourth-order valence-corrected chi connectivity index (χ4v) is 6.54. The third-order valence-electron chi connectivity index (χ3n) is 8.93. The number of likely N-dealkylation sites (tertiary alicyclic amines) is 1. The van der Waals surface area contributed by atoms with Gasteiger partial charge in [0.05, 0.1) is 11.6 Å². The predicted molar refractivity (Wildman–Crippen MR) is 142 cm³/mol. The number of nitrogens with one attached hydrogen (secondary N) is 1. The molecule has 11 heteroatoms. The number of fused-ring (bicyclic) bond motifs is 1. The smallest absolute Gasteiger partial charge is 0.282 e. The van der Waals surface area contributed by atoms with Crippen LogP contribution in [0.2, 0.25) is 0 Å². The van der Waals surface area contributed by atoms with E-state index in [0.717, 1.165) is 45.6 Å². The molecule has 1 aromatic heterocycles. The zero-order valence-electron chi connectivity index (χ0n) is 22.8. The maximum atomic E-state index is 14.2. The zero-order valence-corrected chi connectivity index (χ0v) is 22.8. The number of hydrogen-bond acceptors (Lipinski definition) is 8. The number of hydrogen-bond donors (Lipinski definition) is 1. The van der Waals surface area contributed by atoms with Crippen LogP contribution in [0.5, 0.6) is 11.6 Å². The molecule has 3 saturated heterocycles. The van der Waals surface area contributed by atoms with E-state index in [2.05, 4.69) is 25.4 Å². The molecule has 10 nitrogen and oxygen atoms in total. The summed E-state index contributed by atoms with van der Waals surface area (Å²) in [5, 5.41) is 11.5. The summed E-state index contributed by atoms with van der Waals surface area (Å²) in [6.07, 6.45) is 4.46. The number of aromatic nitrogens is 3. The molecule has 4 fully saturated rings. The normalized spacial score (nSPS) is 24.9. The van der Waals surface area contributed by atoms with Gasteiger partial charge in [-0.3, -0.25) is 9.59 Å². The molecule has 0 radical (unpaired) electrons. The summed E-state index contributed by atoms with van der Waals surface area (Å²) in [5.41, 5.74) is 0.258. The molecule has 4 aliphatic rings. The highest BCUT2D eigenvalue weighted by atomic mass is 19.1. The average molecular weight is 538 g/mol. The Balaban J connectivity index is 1.13. The molecule has 0 bridgehead atoms. The van der Waals surface area contributed by atoms with Crippen LogP contribution in [0.3, 0.4) is 0 Å². The lowest BCUT2D eigenvalue weighted by molar-refractivity contribution is -0.136. The van der Waals surface area contributed by atoms with E-state index < -0.39 is 5.82 Å². The fraction of sp³-hybridized carbons (Fsp3) is 0.607. The van der Waals surface area contributed by atoms with Crippen LogP contribution in [-0.2, 0) is 4.79 Å². The first-order chi connectivity index (χ1) is 18.8. The Kier molecular flexibility index (Phi) is 6.65. The molecule has 3 atom stereocenters. The minimum atomic E-state index is -0.516. The van der Waals surface area contributed by atoms with Gasteiger partial charge in [-0.1, -0.05) is 0 Å². The maximum Gasteiger partial charge on any atom is 0.282 e. The first-order valence-corrected chi connectivity index (χ1v) is 14.0. The highest BCUT2D eigenvalue weighted by Gasteiger charge is 2.53. The van der Waals surface area contributed by atoms with Crippen molar-refractivity contribution in [1.29, 1.82) is 0 Å². The van der Waals surface area contributed by atoms with Gasteiger partial charge in [0.25, 0.3) is 11.8 Å². The number of carbonyl (C=O) groups is 2. The van der Waals surface area contributed by atoms with Gasteiger partial charge in [0.1, 0.15) is 17.9 Å². The van der Waals surface area contributed by atoms with Crippen molar-refractivity contribution in [3.05, 3.63) is 35.9 Å². The third kappa shape index (κ3) is 4.81. The van der Waals surface area contributed by atoms with E-state index in [4.69, 9.17) is 4.74 Å². The van der Waals surface area contributed by atoms with Crippen molar-refractivity contribution in [2.75, 3.05) is 44.2 Å². The summed E-state index contributed by atoms with van der Waals surface area (Å²) in [6, 6.07) is 3.88. The quantitative estimate of drug-likeness (QED) is 0.575. The topological polar surface area (TPSA) is 104 Å². The van der Waals surface area contributed by atoms with E-state index in [1.165, 1.54) is 30.9 Å². The van der Waals surface area contributed by atoms with Gasteiger partial charge in [-0.15, -0.1) is 10.2 Å². The highest BCUT2D eigenvalue weighted by molar-refractivity contribution is 5.97. The Labute approximate surface area is 227 Å². The summed E-state index contributed by atoms with van der Waals surface area (Å²) < 4.78 is 20.3. The van der Waals surface area contributed by atoms with Crippen molar-refractivity contribution in [3.8, 4) is 11.6 Å². The van der Waals surface area contributed by atoms with Gasteiger partial charge in [-0.2, -0.15) is 0 Å². The number of rotatable bonds is 7. The molecule has 1 N–H and O–H groups in total. The zero-order chi connectivity index (χ0) is 27.3. The Morgan fingerprint density at radius 2 is 2.03 bits per heavy atom. The van der Waals surface area contributed by atoms with E-state index in [0.29, 0.717) is 24.2 Å². The van der Waals surface area contributed by atoms with Gasteiger partial charge in [-0.05, 0) is 76.6 Å². The van der Waals surface area contributed by atoms with Crippen LogP contribution in [-0.4, -0.2) is 88.1 Å². The van der Waals surface area contributed by atoms with Gasteiger partial charge in [0.15, 0.2) is 5.82 Å². The Bertz CT molecular complexity index is 1260. The number of piperidine rings is 2. The van der Waals surface area contributed by atoms with Crippen LogP contribution in [0.25, 0.3) is 0 Å². The van der Waals surface area contributed by atoms with Crippen molar-refractivity contribution in [3.63, 3.8) is 0 Å². The fourth-order valence-electron chi connectivity index (χ4n) is 6.54. The van der Waals surface area contributed by atoms with Crippen LogP contribution in [0.1, 0.15) is 50.4 Å². The lowest BCUT2D eigenvalue weighted by atomic mass is 9.72. The monoisotopic (exact) mass is 537 g/mol. The Morgan fingerprint density at radius 1 is 1.26 bits per heavy atom. The third-order valence-corrected chi connectivity index (χ3v) is 8.93. The second-order valence-electron chi connectivity index (χ2n) is 11.7. The SMILES string of the molecule is CCN(C(=O)c1cc(F)ccc1Oc1nncnc1N1CC2(CCN(C(=O)[C@H]3NC[C@@H]4CC43)CC2)C1)C(C)C. The van der Waals surface area contributed by atoms with Crippen molar-refractivity contribution >= 4 is 17.6 Å². The minimum Gasteiger partial charge on any atom is -0.434 e. The molecule has 2 amide bonds. The maximum absolute atomic E-state index is 14.2. The van der Waals surface area contributed by atoms with Crippen molar-refractivity contribution in [2.24, 2.45) is 17.3 Å². The molecule has 6 rings (SSSR count). The van der Waals surface area contributed by atoms with Gasteiger partial charge < -0.3 is 24.8 Å². The molecular formula is C28H36FN7O3. The number of nitrogens with zero attached hydrogens (tertiary/aromatic N) is 6. The molecule has 39 heavy (non-hydrogen) atoms. The highest BCUT2D eigenvalue weighted by Crippen LogP contribution is 2.47. The van der Waals surface area contributed by atoms with E-state index in [1.807, 2.05) is 25.7 Å². The largest absolute Gasteiger partial charge is 0.434 e. The minimum absolute atomic E-state index is 0.0157. The summed E-state index contributed by atoms with van der Waals surface area (Å²) in [6.45, 7) is 10.3. The van der Waals surface area contributed by atoms with Crippen LogP contribution >= 0.6 is 0 Å². The van der Waals surface area contributed by atoms with E-state index in [1.54, 1.807) is 4.90 Å². The lowest BCUT2D eigenvalue weighted by Gasteiger charge is -2.54. The molecule has 3 aliphatic heterocycles. The second kappa shape index (κ2) is 10.0. The number of carbonyl (C=O) groups excluding carboxylic acids is 2. The summed E-state index contributed by atoms with van der Waals surface area (Å²) >= 11 is 0. The van der Waals surface area contributed by atoms with Gasteiger partial charge in [0.2, 0.25) is 5.91 Å². The van der Waals surface area contributed by atoms with Crippen LogP contribution in [0, 0.1) is 23.1 Å². The first kappa shape index (κ1) is 25.9. The van der Waals surface area contributed by atoms with Crippen LogP contribution in [0.4, 0.5) is 10.2 Å². The summed E-state index contributed by atoms with van der Waals surface area (Å²) in [5.74, 6) is 1.63. The second-order valence-corrected chi connectivity index (χ2v) is 11.7. The molecule has 1 aliphatic carbocycles. The molecule has 2 aromatic rings. The molecule has 1 unspecified atom stereocenters. The van der Waals surface area contributed by atoms with E-state index >= 15 is 0 Å². The number of amides is 2. The van der Waals surface area contributed by atoms with Gasteiger partial charge in [0, 0.05) is 44.2 Å². The van der Waals surface area contributed by atoms with E-state index in [-0.39, 0.29) is 46.5 Å². The van der Waals surface area contributed by atoms with Gasteiger partial charge in [-0.25, -0.2) is 9.37 Å². The van der Waals surface area contributed by atoms with Crippen LogP contribution in [0.15, 0.2) is 24.5 Å². The molecule has 1 saturated carbocycles. The standard InChI is InChI=1S/C28H36FN7O3/c1-4-36(17(2)3)26(37)21-12-19(29)5-6-22(21)39-25-24(31-16-32-33-25)35-14-28(15-35)7-9-34(10-8-28)27(38)23-20-11-18(20)13-30-23/h5-6,12,16-18,20,23,30H,4,7-11,13-15H2,1-3H3/t18-,20?,23-/m0/s1. The van der Waals surface area contributed by atoms with Crippen molar-refractivity contribution < 1.29 is 18.7 Å². The van der Waals surface area contributed by atoms with E-state index in [9.17, 15) is 14.0 Å². The molecule has 1 aromatic carbocycles. The Hall–Kier alpha value is -3.34. The Morgan fingerprint density at radius 3 is 2.67 bits per heavy atom. The lowest BCUT2D eigenvalue weighted by Crippen LogP contribution is -2.62. The van der Waals surface area contributed by atoms with Gasteiger partial charge >= 0.3 is 0 Å². The molecular weight excluding hydrogens is 501 g/mol. The molecule has 1 spiro atoms. The van der Waals surface area contributed by atoms with Crippen molar-refractivity contribution in [2.45, 2.75) is 52.1 Å². The summed E-state index contributed by atoms with van der Waals surface area (Å²) in [7, 11) is 0. The van der Waals surface area contributed by atoms with Crippen molar-refractivity contribution in [1.82, 2.24) is 30.3 Å². The summed E-state index contributed by atoms with van der Waals surface area (Å²) in [4.78, 5) is 36.5. The first-order valence-electron chi connectivity index (χ1n) is 14.0. The number of halogens is 1. The number of anilines is 1. The average Bonchev–Trinajstić information content (AvgIpc) is 3.57. The molecule has 208 valence electrons. The number of ether oxygens (including phenoxy) is 1. The molecule has 4 heterocycles.